The molecule has 0 amide bonds. The molecule has 0 N–H and O–H groups in total. The predicted octanol–water partition coefficient (Wildman–Crippen LogP) is 4.62. The van der Waals surface area contributed by atoms with E-state index in [1.807, 2.05) is 0 Å². The Balaban J connectivity index is 2.79. The molecule has 0 fully saturated rings. The van der Waals surface area contributed by atoms with Crippen LogP contribution in [0.2, 0.25) is 0 Å². The lowest BCUT2D eigenvalue weighted by atomic mass is 10.1. The average Bonchev–Trinajstić information content (AvgIpc) is 2.38. The molecule has 1 nitrogen and oxygen atoms in total. The predicted molar refractivity (Wildman–Crippen MR) is 80.5 cm³/mol. The molecule has 0 aliphatic rings. The van der Waals surface area contributed by atoms with E-state index in [-0.39, 0.29) is 0 Å². The third-order valence-corrected chi connectivity index (χ3v) is 3.74. The Labute approximate surface area is 113 Å². The minimum atomic E-state index is 1.21. The number of hydrogen-bond acceptors (Lipinski definition) is 0. The maximum Gasteiger partial charge on any atom is 0.104 e. The van der Waals surface area contributed by atoms with Crippen LogP contribution in [0.5, 0.6) is 0 Å². The van der Waals surface area contributed by atoms with Gasteiger partial charge in [-0.2, -0.15) is 0 Å². The van der Waals surface area contributed by atoms with E-state index >= 15 is 0 Å². The molecule has 102 valence electrons. The normalized spacial score (nSPS) is 11.7. The van der Waals surface area contributed by atoms with Gasteiger partial charge >= 0.3 is 0 Å². The fraction of sp³-hybridized carbons (Fsp3) is 0.647. The first kappa shape index (κ1) is 15.2. The van der Waals surface area contributed by atoms with Crippen LogP contribution in [0, 0.1) is 0 Å². The van der Waals surface area contributed by atoms with Crippen molar-refractivity contribution in [3.8, 4) is 0 Å². The van der Waals surface area contributed by atoms with E-state index in [1.165, 1.54) is 61.9 Å². The molecule has 0 unspecified atom stereocenters. The van der Waals surface area contributed by atoms with Crippen LogP contribution in [-0.4, -0.2) is 24.1 Å². The monoisotopic (exact) mass is 248 g/mol. The molecule has 1 aromatic rings. The van der Waals surface area contributed by atoms with Gasteiger partial charge in [0.2, 0.25) is 0 Å². The molecule has 0 saturated heterocycles. The summed E-state index contributed by atoms with van der Waals surface area (Å²) in [6.45, 7) is 12.1. The van der Waals surface area contributed by atoms with Gasteiger partial charge in [0.1, 0.15) is 6.54 Å². The summed E-state index contributed by atoms with van der Waals surface area (Å²) in [5, 5.41) is 0. The second-order valence-electron chi connectivity index (χ2n) is 5.51. The maximum atomic E-state index is 2.32. The zero-order valence-corrected chi connectivity index (χ0v) is 12.5. The number of benzene rings is 1. The summed E-state index contributed by atoms with van der Waals surface area (Å²) in [5.74, 6) is 0. The van der Waals surface area contributed by atoms with Crippen LogP contribution >= 0.6 is 0 Å². The van der Waals surface area contributed by atoms with Crippen LogP contribution < -0.4 is 0 Å². The van der Waals surface area contributed by atoms with Gasteiger partial charge in [0.15, 0.2) is 0 Å². The Kier molecular flexibility index (Phi) is 7.04. The van der Waals surface area contributed by atoms with Crippen LogP contribution in [-0.2, 0) is 6.54 Å². The number of nitrogens with zero attached hydrogens (tertiary/aromatic N) is 1. The zero-order valence-electron chi connectivity index (χ0n) is 12.5. The standard InChI is InChI=1S/C17H30N/c1-4-7-15-18(13-5-2,14-6-3)16-17-11-9-8-10-12-17/h8-12H,4-7,13-16H2,1-3H3/q+1. The van der Waals surface area contributed by atoms with E-state index < -0.39 is 0 Å². The third kappa shape index (κ3) is 4.81. The van der Waals surface area contributed by atoms with Crippen LogP contribution in [0.4, 0.5) is 0 Å². The third-order valence-electron chi connectivity index (χ3n) is 3.74. The van der Waals surface area contributed by atoms with Crippen LogP contribution in [0.1, 0.15) is 52.0 Å². The van der Waals surface area contributed by atoms with Gasteiger partial charge in [-0.05, 0) is 19.3 Å². The van der Waals surface area contributed by atoms with Crippen molar-refractivity contribution in [3.63, 3.8) is 0 Å². The molecule has 0 saturated carbocycles. The first-order valence-corrected chi connectivity index (χ1v) is 7.65. The fourth-order valence-corrected chi connectivity index (χ4v) is 2.99. The summed E-state index contributed by atoms with van der Waals surface area (Å²) in [7, 11) is 0. The summed E-state index contributed by atoms with van der Waals surface area (Å²) >= 11 is 0. The van der Waals surface area contributed by atoms with Gasteiger partial charge < -0.3 is 4.48 Å². The Bertz CT molecular complexity index is 299. The van der Waals surface area contributed by atoms with Crippen molar-refractivity contribution in [2.24, 2.45) is 0 Å². The first-order chi connectivity index (χ1) is 8.76. The lowest BCUT2D eigenvalue weighted by Gasteiger charge is -2.39. The van der Waals surface area contributed by atoms with Gasteiger partial charge in [0.25, 0.3) is 0 Å². The number of unbranched alkanes of at least 4 members (excludes halogenated alkanes) is 1. The topological polar surface area (TPSA) is 0 Å². The lowest BCUT2D eigenvalue weighted by molar-refractivity contribution is -0.941. The molecular weight excluding hydrogens is 218 g/mol. The molecular formula is C17H30N+. The second-order valence-corrected chi connectivity index (χ2v) is 5.51. The van der Waals surface area contributed by atoms with E-state index in [0.29, 0.717) is 0 Å². The number of hydrogen-bond donors (Lipinski definition) is 0. The van der Waals surface area contributed by atoms with Crippen LogP contribution in [0.25, 0.3) is 0 Å². The van der Waals surface area contributed by atoms with Crippen molar-refractivity contribution >= 4 is 0 Å². The Morgan fingerprint density at radius 2 is 1.39 bits per heavy atom. The highest BCUT2D eigenvalue weighted by molar-refractivity contribution is 5.13. The molecule has 1 rings (SSSR count). The number of rotatable bonds is 9. The van der Waals surface area contributed by atoms with Crippen molar-refractivity contribution < 1.29 is 4.48 Å². The molecule has 0 aliphatic carbocycles. The summed E-state index contributed by atoms with van der Waals surface area (Å²) in [5.41, 5.74) is 1.50. The molecule has 18 heavy (non-hydrogen) atoms. The van der Waals surface area contributed by atoms with Gasteiger partial charge in [-0.15, -0.1) is 0 Å². The fourth-order valence-electron chi connectivity index (χ4n) is 2.99. The average molecular weight is 248 g/mol. The quantitative estimate of drug-likeness (QED) is 0.559. The zero-order chi connectivity index (χ0) is 13.3. The highest BCUT2D eigenvalue weighted by Gasteiger charge is 2.25. The number of quaternary nitrogens is 1. The van der Waals surface area contributed by atoms with E-state index in [0.717, 1.165) is 0 Å². The largest absolute Gasteiger partial charge is 0.320 e. The first-order valence-electron chi connectivity index (χ1n) is 7.65. The summed E-state index contributed by atoms with van der Waals surface area (Å²) in [4.78, 5) is 0. The van der Waals surface area contributed by atoms with Crippen molar-refractivity contribution in [2.45, 2.75) is 53.0 Å². The van der Waals surface area contributed by atoms with Crippen molar-refractivity contribution in [1.29, 1.82) is 0 Å². The minimum absolute atomic E-state index is 1.21. The van der Waals surface area contributed by atoms with Gasteiger partial charge in [0, 0.05) is 5.56 Å². The Morgan fingerprint density at radius 1 is 0.778 bits per heavy atom. The van der Waals surface area contributed by atoms with Gasteiger partial charge in [-0.25, -0.2) is 0 Å². The minimum Gasteiger partial charge on any atom is -0.320 e. The molecule has 0 aromatic heterocycles. The van der Waals surface area contributed by atoms with Crippen LogP contribution in [0.15, 0.2) is 30.3 Å². The molecule has 0 heterocycles. The van der Waals surface area contributed by atoms with E-state index in [4.69, 9.17) is 0 Å². The van der Waals surface area contributed by atoms with Gasteiger partial charge in [0.05, 0.1) is 19.6 Å². The highest BCUT2D eigenvalue weighted by Crippen LogP contribution is 2.18. The molecule has 0 aliphatic heterocycles. The lowest BCUT2D eigenvalue weighted by Crippen LogP contribution is -2.49. The summed E-state index contributed by atoms with van der Waals surface area (Å²) < 4.78 is 1.28. The smallest absolute Gasteiger partial charge is 0.104 e. The summed E-state index contributed by atoms with van der Waals surface area (Å²) in [6, 6.07) is 11.0. The Hall–Kier alpha value is -0.820. The molecule has 0 bridgehead atoms. The van der Waals surface area contributed by atoms with E-state index in [1.54, 1.807) is 0 Å². The van der Waals surface area contributed by atoms with Crippen molar-refractivity contribution in [3.05, 3.63) is 35.9 Å². The van der Waals surface area contributed by atoms with Crippen LogP contribution in [0.3, 0.4) is 0 Å². The second kappa shape index (κ2) is 8.31. The molecule has 1 heteroatoms. The Morgan fingerprint density at radius 3 is 1.89 bits per heavy atom. The van der Waals surface area contributed by atoms with E-state index in [9.17, 15) is 0 Å². The van der Waals surface area contributed by atoms with Crippen molar-refractivity contribution in [1.82, 2.24) is 0 Å². The molecule has 0 radical (unpaired) electrons. The summed E-state index contributed by atoms with van der Waals surface area (Å²) in [6.07, 6.45) is 5.24. The maximum absolute atomic E-state index is 2.32. The van der Waals surface area contributed by atoms with E-state index in [2.05, 4.69) is 51.1 Å². The van der Waals surface area contributed by atoms with Gasteiger partial charge in [-0.1, -0.05) is 57.5 Å². The SMILES string of the molecule is CCCC[N+](CCC)(CCC)Cc1ccccc1. The molecule has 1 aromatic carbocycles. The van der Waals surface area contributed by atoms with Gasteiger partial charge in [-0.3, -0.25) is 0 Å². The molecule has 0 atom stereocenters. The molecule has 0 spiro atoms. The van der Waals surface area contributed by atoms with Crippen molar-refractivity contribution in [2.75, 3.05) is 19.6 Å². The highest BCUT2D eigenvalue weighted by atomic mass is 15.3.